The molecule has 0 aromatic carbocycles. The standard InChI is InChI=1S/C6H12N2O3/c1-7-3-5(9)8(2)4-6(10)11/h7H,3-4H2,1-2H3,(H,10,11). The first kappa shape index (κ1) is 9.90. The monoisotopic (exact) mass is 160 g/mol. The first-order valence-electron chi connectivity index (χ1n) is 3.29. The summed E-state index contributed by atoms with van der Waals surface area (Å²) >= 11 is 0. The van der Waals surface area contributed by atoms with Crippen molar-refractivity contribution >= 4 is 11.9 Å². The average molecular weight is 160 g/mol. The van der Waals surface area contributed by atoms with Gasteiger partial charge >= 0.3 is 0 Å². The number of aliphatic carboxylic acids is 1. The lowest BCUT2D eigenvalue weighted by molar-refractivity contribution is -0.616. The van der Waals surface area contributed by atoms with E-state index in [1.165, 1.54) is 7.05 Å². The number of rotatable bonds is 4. The molecule has 0 aromatic heterocycles. The minimum atomic E-state index is -1.24. The number of carboxylic acid groups (broad SMARTS) is 1. The summed E-state index contributed by atoms with van der Waals surface area (Å²) in [4.78, 5) is 22.0. The molecule has 1 amide bonds. The molecule has 11 heavy (non-hydrogen) atoms. The fraction of sp³-hybridized carbons (Fsp3) is 0.667. The van der Waals surface area contributed by atoms with Crippen molar-refractivity contribution in [3.05, 3.63) is 0 Å². The molecule has 0 aliphatic carbocycles. The number of nitrogens with two attached hydrogens (primary N) is 1. The van der Waals surface area contributed by atoms with Gasteiger partial charge in [-0.1, -0.05) is 0 Å². The highest BCUT2D eigenvalue weighted by molar-refractivity contribution is 5.80. The van der Waals surface area contributed by atoms with Crippen molar-refractivity contribution < 1.29 is 20.0 Å². The average Bonchev–Trinajstić information content (AvgIpc) is 1.86. The third kappa shape index (κ3) is 4.32. The summed E-state index contributed by atoms with van der Waals surface area (Å²) < 4.78 is 0. The lowest BCUT2D eigenvalue weighted by Gasteiger charge is -2.15. The largest absolute Gasteiger partial charge is 0.548 e. The molecule has 0 saturated carbocycles. The van der Waals surface area contributed by atoms with E-state index in [-0.39, 0.29) is 19.0 Å². The summed E-state index contributed by atoms with van der Waals surface area (Å²) in [6.07, 6.45) is 0. The maximum atomic E-state index is 10.9. The van der Waals surface area contributed by atoms with Crippen LogP contribution in [0, 0.1) is 0 Å². The number of nitrogens with zero attached hydrogens (tertiary/aromatic N) is 1. The van der Waals surface area contributed by atoms with Crippen LogP contribution >= 0.6 is 0 Å². The van der Waals surface area contributed by atoms with E-state index < -0.39 is 5.97 Å². The summed E-state index contributed by atoms with van der Waals surface area (Å²) in [6, 6.07) is 0. The first-order valence-corrected chi connectivity index (χ1v) is 3.29. The Morgan fingerprint density at radius 1 is 1.55 bits per heavy atom. The normalized spacial score (nSPS) is 9.27. The van der Waals surface area contributed by atoms with E-state index in [4.69, 9.17) is 0 Å². The van der Waals surface area contributed by atoms with Crippen LogP contribution in [0.2, 0.25) is 0 Å². The van der Waals surface area contributed by atoms with Gasteiger partial charge in [-0.05, 0) is 0 Å². The van der Waals surface area contributed by atoms with Crippen LogP contribution in [0.25, 0.3) is 0 Å². The molecule has 0 bridgehead atoms. The molecule has 0 rings (SSSR count). The molecular formula is C6H12N2O3. The van der Waals surface area contributed by atoms with E-state index in [2.05, 4.69) is 0 Å². The number of carbonyl (C=O) groups excluding carboxylic acids is 2. The van der Waals surface area contributed by atoms with Crippen molar-refractivity contribution in [1.82, 2.24) is 4.90 Å². The topological polar surface area (TPSA) is 77.0 Å². The smallest absolute Gasteiger partial charge is 0.277 e. The highest BCUT2D eigenvalue weighted by Crippen LogP contribution is 1.79. The number of hydrogen-bond donors (Lipinski definition) is 1. The van der Waals surface area contributed by atoms with Crippen LogP contribution in [0.1, 0.15) is 0 Å². The number of carboxylic acids is 1. The SMILES string of the molecule is C[NH2+]CC(=O)N(C)CC(=O)[O-]. The summed E-state index contributed by atoms with van der Waals surface area (Å²) in [6.45, 7) is -0.0730. The van der Waals surface area contributed by atoms with Crippen LogP contribution in [0.4, 0.5) is 0 Å². The molecule has 0 heterocycles. The Bertz CT molecular complexity index is 158. The van der Waals surface area contributed by atoms with Crippen molar-refractivity contribution in [1.29, 1.82) is 0 Å². The van der Waals surface area contributed by atoms with Crippen LogP contribution in [-0.4, -0.2) is 44.0 Å². The zero-order valence-electron chi connectivity index (χ0n) is 6.66. The van der Waals surface area contributed by atoms with Crippen molar-refractivity contribution in [3.63, 3.8) is 0 Å². The van der Waals surface area contributed by atoms with Gasteiger partial charge in [0.15, 0.2) is 6.54 Å². The number of carbonyl (C=O) groups is 2. The molecule has 0 atom stereocenters. The van der Waals surface area contributed by atoms with Gasteiger partial charge in [0.2, 0.25) is 0 Å². The van der Waals surface area contributed by atoms with Crippen molar-refractivity contribution in [3.8, 4) is 0 Å². The fourth-order valence-electron chi connectivity index (χ4n) is 0.612. The van der Waals surface area contributed by atoms with Crippen LogP contribution in [-0.2, 0) is 9.59 Å². The Morgan fingerprint density at radius 2 is 2.09 bits per heavy atom. The second-order valence-corrected chi connectivity index (χ2v) is 2.23. The Kier molecular flexibility index (Phi) is 4.21. The van der Waals surface area contributed by atoms with E-state index in [0.29, 0.717) is 0 Å². The first-order chi connectivity index (χ1) is 5.07. The zero-order chi connectivity index (χ0) is 8.85. The predicted octanol–water partition coefficient (Wildman–Crippen LogP) is -3.61. The van der Waals surface area contributed by atoms with Gasteiger partial charge in [-0.25, -0.2) is 0 Å². The van der Waals surface area contributed by atoms with Crippen LogP contribution in [0.5, 0.6) is 0 Å². The van der Waals surface area contributed by atoms with E-state index in [9.17, 15) is 14.7 Å². The Morgan fingerprint density at radius 3 is 2.45 bits per heavy atom. The van der Waals surface area contributed by atoms with Crippen LogP contribution in [0.3, 0.4) is 0 Å². The van der Waals surface area contributed by atoms with Gasteiger partial charge in [-0.2, -0.15) is 0 Å². The number of amides is 1. The molecule has 2 N–H and O–H groups in total. The fourth-order valence-corrected chi connectivity index (χ4v) is 0.612. The Labute approximate surface area is 65.0 Å². The molecule has 0 aliphatic rings. The lowest BCUT2D eigenvalue weighted by atomic mass is 10.5. The molecule has 5 heteroatoms. The molecule has 0 aliphatic heterocycles. The molecule has 0 spiro atoms. The summed E-state index contributed by atoms with van der Waals surface area (Å²) in [5, 5.41) is 11.7. The zero-order valence-corrected chi connectivity index (χ0v) is 6.66. The predicted molar refractivity (Wildman–Crippen MR) is 35.4 cm³/mol. The van der Waals surface area contributed by atoms with E-state index in [1.807, 2.05) is 0 Å². The Hall–Kier alpha value is -1.10. The lowest BCUT2D eigenvalue weighted by Crippen LogP contribution is -2.82. The molecule has 64 valence electrons. The van der Waals surface area contributed by atoms with E-state index >= 15 is 0 Å². The van der Waals surface area contributed by atoms with Crippen LogP contribution in [0.15, 0.2) is 0 Å². The highest BCUT2D eigenvalue weighted by Gasteiger charge is 2.08. The summed E-state index contributed by atoms with van der Waals surface area (Å²) in [7, 11) is 3.17. The van der Waals surface area contributed by atoms with Gasteiger partial charge in [-0.3, -0.25) is 4.79 Å². The van der Waals surface area contributed by atoms with Gasteiger partial charge < -0.3 is 20.1 Å². The van der Waals surface area contributed by atoms with E-state index in [1.54, 1.807) is 12.4 Å². The molecule has 0 fully saturated rings. The minimum absolute atomic E-state index is 0.211. The highest BCUT2D eigenvalue weighted by atomic mass is 16.4. The van der Waals surface area contributed by atoms with Gasteiger partial charge in [0.25, 0.3) is 5.91 Å². The number of likely N-dealkylation sites (N-methyl/N-ethyl adjacent to an activating group) is 2. The second-order valence-electron chi connectivity index (χ2n) is 2.23. The van der Waals surface area contributed by atoms with Crippen LogP contribution < -0.4 is 10.4 Å². The van der Waals surface area contributed by atoms with Gasteiger partial charge in [-0.15, -0.1) is 0 Å². The maximum absolute atomic E-state index is 10.9. The summed E-state index contributed by atoms with van der Waals surface area (Å²) in [5.41, 5.74) is 0. The molecule has 0 radical (unpaired) electrons. The number of quaternary nitrogens is 1. The third-order valence-corrected chi connectivity index (χ3v) is 1.17. The van der Waals surface area contributed by atoms with Crippen molar-refractivity contribution in [2.75, 3.05) is 27.2 Å². The van der Waals surface area contributed by atoms with E-state index in [0.717, 1.165) is 4.90 Å². The van der Waals surface area contributed by atoms with Crippen molar-refractivity contribution in [2.45, 2.75) is 0 Å². The molecular weight excluding hydrogens is 148 g/mol. The molecule has 5 nitrogen and oxygen atoms in total. The molecule has 0 aromatic rings. The molecule has 0 saturated heterocycles. The summed E-state index contributed by atoms with van der Waals surface area (Å²) in [5.74, 6) is -1.45. The van der Waals surface area contributed by atoms with Gasteiger partial charge in [0.1, 0.15) is 0 Å². The van der Waals surface area contributed by atoms with Gasteiger partial charge in [0, 0.05) is 7.05 Å². The molecule has 0 unspecified atom stereocenters. The Balaban J connectivity index is 3.73. The van der Waals surface area contributed by atoms with Gasteiger partial charge in [0.05, 0.1) is 19.6 Å². The van der Waals surface area contributed by atoms with Crippen molar-refractivity contribution in [2.24, 2.45) is 0 Å². The minimum Gasteiger partial charge on any atom is -0.548 e. The second kappa shape index (κ2) is 4.68. The number of hydrogen-bond acceptors (Lipinski definition) is 3. The maximum Gasteiger partial charge on any atom is 0.277 e. The quantitative estimate of drug-likeness (QED) is 0.461. The third-order valence-electron chi connectivity index (χ3n) is 1.17.